The Morgan fingerprint density at radius 1 is 0.960 bits per heavy atom. The zero-order valence-electron chi connectivity index (χ0n) is 13.4. The fourth-order valence-electron chi connectivity index (χ4n) is 2.42. The highest BCUT2D eigenvalue weighted by Crippen LogP contribution is 2.28. The Morgan fingerprint density at radius 3 is 2.24 bits per heavy atom. The molecule has 4 nitrogen and oxygen atoms in total. The predicted molar refractivity (Wildman–Crippen MR) is 99.5 cm³/mol. The SMILES string of the molecule is Cc1oc(-c2ccccc2)nc1CS(=O)(=O)Cc1c(Cl)cccc1Cl. The molecule has 0 saturated carbocycles. The second-order valence-electron chi connectivity index (χ2n) is 5.62. The molecule has 0 N–H and O–H groups in total. The van der Waals surface area contributed by atoms with Crippen LogP contribution in [0.3, 0.4) is 0 Å². The van der Waals surface area contributed by atoms with Crippen LogP contribution >= 0.6 is 23.2 Å². The number of hydrogen-bond donors (Lipinski definition) is 0. The summed E-state index contributed by atoms with van der Waals surface area (Å²) in [5.41, 5.74) is 1.58. The van der Waals surface area contributed by atoms with Crippen LogP contribution in [0.2, 0.25) is 10.0 Å². The van der Waals surface area contributed by atoms with Crippen LogP contribution in [0.25, 0.3) is 11.5 Å². The smallest absolute Gasteiger partial charge is 0.226 e. The molecule has 130 valence electrons. The molecule has 0 spiro atoms. The first-order valence-electron chi connectivity index (χ1n) is 7.51. The van der Waals surface area contributed by atoms with Crippen molar-refractivity contribution >= 4 is 33.0 Å². The Hall–Kier alpha value is -1.82. The van der Waals surface area contributed by atoms with Crippen LogP contribution in [-0.2, 0) is 21.3 Å². The van der Waals surface area contributed by atoms with E-state index in [0.29, 0.717) is 33.0 Å². The molecule has 0 aliphatic carbocycles. The van der Waals surface area contributed by atoms with E-state index < -0.39 is 9.84 Å². The molecule has 7 heteroatoms. The molecule has 0 fully saturated rings. The predicted octanol–water partition coefficient (Wildman–Crippen LogP) is 5.07. The third kappa shape index (κ3) is 4.24. The number of aryl methyl sites for hydroxylation is 1. The third-order valence-electron chi connectivity index (χ3n) is 3.70. The van der Waals surface area contributed by atoms with Gasteiger partial charge in [-0.25, -0.2) is 13.4 Å². The number of rotatable bonds is 5. The highest BCUT2D eigenvalue weighted by Gasteiger charge is 2.21. The van der Waals surface area contributed by atoms with E-state index >= 15 is 0 Å². The number of hydrogen-bond acceptors (Lipinski definition) is 4. The molecular formula is C18H15Cl2NO3S. The quantitative estimate of drug-likeness (QED) is 0.604. The van der Waals surface area contributed by atoms with Crippen molar-refractivity contribution in [2.45, 2.75) is 18.4 Å². The molecule has 1 heterocycles. The van der Waals surface area contributed by atoms with Crippen LogP contribution in [0.5, 0.6) is 0 Å². The van der Waals surface area contributed by atoms with Gasteiger partial charge in [-0.3, -0.25) is 0 Å². The summed E-state index contributed by atoms with van der Waals surface area (Å²) < 4.78 is 30.8. The molecule has 2 aromatic carbocycles. The number of halogens is 2. The minimum Gasteiger partial charge on any atom is -0.441 e. The zero-order chi connectivity index (χ0) is 18.0. The van der Waals surface area contributed by atoms with E-state index in [9.17, 15) is 8.42 Å². The Balaban J connectivity index is 1.85. The van der Waals surface area contributed by atoms with Gasteiger partial charge >= 0.3 is 0 Å². The van der Waals surface area contributed by atoms with E-state index in [-0.39, 0.29) is 11.5 Å². The zero-order valence-corrected chi connectivity index (χ0v) is 15.7. The first kappa shape index (κ1) is 18.0. The van der Waals surface area contributed by atoms with Crippen molar-refractivity contribution in [3.05, 3.63) is 75.6 Å². The van der Waals surface area contributed by atoms with Gasteiger partial charge in [0, 0.05) is 21.2 Å². The molecule has 3 rings (SSSR count). The average molecular weight is 396 g/mol. The third-order valence-corrected chi connectivity index (χ3v) is 5.85. The van der Waals surface area contributed by atoms with Crippen LogP contribution in [0.4, 0.5) is 0 Å². The number of oxazole rings is 1. The summed E-state index contributed by atoms with van der Waals surface area (Å²) in [5, 5.41) is 0.663. The molecule has 0 bridgehead atoms. The van der Waals surface area contributed by atoms with Gasteiger partial charge in [0.2, 0.25) is 5.89 Å². The van der Waals surface area contributed by atoms with E-state index in [1.54, 1.807) is 25.1 Å². The summed E-state index contributed by atoms with van der Waals surface area (Å²) in [4.78, 5) is 4.34. The molecule has 0 unspecified atom stereocenters. The van der Waals surface area contributed by atoms with E-state index in [1.165, 1.54) is 0 Å². The van der Waals surface area contributed by atoms with Gasteiger partial charge < -0.3 is 4.42 Å². The Labute approximate surface area is 156 Å². The largest absolute Gasteiger partial charge is 0.441 e. The van der Waals surface area contributed by atoms with Crippen molar-refractivity contribution in [3.8, 4) is 11.5 Å². The standard InChI is InChI=1S/C18H15Cl2NO3S/c1-12-17(21-18(24-12)13-6-3-2-4-7-13)11-25(22,23)10-14-15(19)8-5-9-16(14)20/h2-9H,10-11H2,1H3. The lowest BCUT2D eigenvalue weighted by atomic mass is 10.2. The molecule has 3 aromatic rings. The van der Waals surface area contributed by atoms with Crippen LogP contribution in [0, 0.1) is 6.92 Å². The summed E-state index contributed by atoms with van der Waals surface area (Å²) in [6.45, 7) is 1.70. The van der Waals surface area contributed by atoms with Gasteiger partial charge in [-0.2, -0.15) is 0 Å². The molecule has 0 aliphatic rings. The van der Waals surface area contributed by atoms with Gasteiger partial charge in [-0.1, -0.05) is 47.5 Å². The minimum absolute atomic E-state index is 0.239. The van der Waals surface area contributed by atoms with Crippen molar-refractivity contribution in [1.29, 1.82) is 0 Å². The van der Waals surface area contributed by atoms with Crippen molar-refractivity contribution in [3.63, 3.8) is 0 Å². The van der Waals surface area contributed by atoms with Crippen LogP contribution in [-0.4, -0.2) is 13.4 Å². The summed E-state index contributed by atoms with van der Waals surface area (Å²) >= 11 is 12.1. The second-order valence-corrected chi connectivity index (χ2v) is 8.50. The number of sulfone groups is 1. The summed E-state index contributed by atoms with van der Waals surface area (Å²) in [6, 6.07) is 14.2. The number of nitrogens with zero attached hydrogens (tertiary/aromatic N) is 1. The summed E-state index contributed by atoms with van der Waals surface area (Å²) in [7, 11) is -3.52. The van der Waals surface area contributed by atoms with Crippen LogP contribution in [0.1, 0.15) is 17.0 Å². The fourth-order valence-corrected chi connectivity index (χ4v) is 4.64. The molecule has 0 aliphatic heterocycles. The van der Waals surface area contributed by atoms with E-state index in [0.717, 1.165) is 5.56 Å². The minimum atomic E-state index is -3.52. The molecule has 0 atom stereocenters. The molecule has 0 radical (unpaired) electrons. The monoisotopic (exact) mass is 395 g/mol. The molecule has 25 heavy (non-hydrogen) atoms. The van der Waals surface area contributed by atoms with Gasteiger partial charge in [0.25, 0.3) is 0 Å². The lowest BCUT2D eigenvalue weighted by molar-refractivity contribution is 0.539. The van der Waals surface area contributed by atoms with Crippen molar-refractivity contribution in [2.24, 2.45) is 0 Å². The first-order chi connectivity index (χ1) is 11.9. The average Bonchev–Trinajstić information content (AvgIpc) is 2.92. The van der Waals surface area contributed by atoms with Gasteiger partial charge in [-0.15, -0.1) is 0 Å². The summed E-state index contributed by atoms with van der Waals surface area (Å²) in [5.74, 6) is 0.390. The number of benzene rings is 2. The highest BCUT2D eigenvalue weighted by molar-refractivity contribution is 7.89. The fraction of sp³-hybridized carbons (Fsp3) is 0.167. The van der Waals surface area contributed by atoms with E-state index in [4.69, 9.17) is 27.6 Å². The molecule has 0 saturated heterocycles. The van der Waals surface area contributed by atoms with Crippen LogP contribution < -0.4 is 0 Å². The lowest BCUT2D eigenvalue weighted by Gasteiger charge is -2.07. The maximum absolute atomic E-state index is 12.6. The van der Waals surface area contributed by atoms with Gasteiger partial charge in [-0.05, 0) is 31.2 Å². The molecule has 1 aromatic heterocycles. The van der Waals surface area contributed by atoms with Gasteiger partial charge in [0.15, 0.2) is 9.84 Å². The lowest BCUT2D eigenvalue weighted by Crippen LogP contribution is -2.09. The Bertz CT molecular complexity index is 978. The maximum Gasteiger partial charge on any atom is 0.226 e. The molecular weight excluding hydrogens is 381 g/mol. The van der Waals surface area contributed by atoms with Crippen molar-refractivity contribution in [2.75, 3.05) is 0 Å². The highest BCUT2D eigenvalue weighted by atomic mass is 35.5. The van der Waals surface area contributed by atoms with Gasteiger partial charge in [0.05, 0.1) is 17.2 Å². The molecule has 0 amide bonds. The number of aromatic nitrogens is 1. The maximum atomic E-state index is 12.6. The Kier molecular flexibility index (Phi) is 5.18. The topological polar surface area (TPSA) is 60.2 Å². The van der Waals surface area contributed by atoms with Crippen LogP contribution in [0.15, 0.2) is 52.9 Å². The van der Waals surface area contributed by atoms with Crippen molar-refractivity contribution < 1.29 is 12.8 Å². The first-order valence-corrected chi connectivity index (χ1v) is 10.1. The normalized spacial score (nSPS) is 11.6. The van der Waals surface area contributed by atoms with E-state index in [1.807, 2.05) is 30.3 Å². The van der Waals surface area contributed by atoms with Gasteiger partial charge in [0.1, 0.15) is 5.76 Å². The Morgan fingerprint density at radius 2 is 1.60 bits per heavy atom. The second kappa shape index (κ2) is 7.20. The summed E-state index contributed by atoms with van der Waals surface area (Å²) in [6.07, 6.45) is 0. The van der Waals surface area contributed by atoms with E-state index in [2.05, 4.69) is 4.98 Å². The van der Waals surface area contributed by atoms with Crippen molar-refractivity contribution in [1.82, 2.24) is 4.98 Å².